The van der Waals surface area contributed by atoms with E-state index in [0.717, 1.165) is 73.2 Å². The highest BCUT2D eigenvalue weighted by Crippen LogP contribution is 2.62. The Morgan fingerprint density at radius 2 is 1.89 bits per heavy atom. The molecule has 2 fully saturated rings. The maximum absolute atomic E-state index is 13.5. The lowest BCUT2D eigenvalue weighted by Crippen LogP contribution is -2.64. The van der Waals surface area contributed by atoms with Crippen molar-refractivity contribution in [3.8, 4) is 23.0 Å². The fraction of sp³-hybridized carbons (Fsp3) is 0.532. The van der Waals surface area contributed by atoms with E-state index in [1.54, 1.807) is 67.8 Å². The van der Waals surface area contributed by atoms with Crippen molar-refractivity contribution >= 4 is 29.3 Å². The van der Waals surface area contributed by atoms with Gasteiger partial charge in [0, 0.05) is 68.6 Å². The molecule has 62 heavy (non-hydrogen) atoms. The number of unbranched alkanes of at least 4 members (excludes halogenated alkanes) is 2. The molecule has 15 heteroatoms. The van der Waals surface area contributed by atoms with Crippen LogP contribution in [-0.2, 0) is 20.7 Å². The van der Waals surface area contributed by atoms with Gasteiger partial charge in [-0.3, -0.25) is 15.3 Å². The first-order valence-electron chi connectivity index (χ1n) is 21.8. The summed E-state index contributed by atoms with van der Waals surface area (Å²) >= 11 is 1.76. The molecule has 7 atom stereocenters. The molecule has 334 valence electrons. The fourth-order valence-electron chi connectivity index (χ4n) is 9.37. The molecule has 3 aromatic rings. The summed E-state index contributed by atoms with van der Waals surface area (Å²) < 4.78 is 37.2. The molecular formula is C47H60N4O10S. The molecule has 1 saturated heterocycles. The van der Waals surface area contributed by atoms with Crippen molar-refractivity contribution in [2.24, 2.45) is 22.9 Å². The number of amides is 1. The molecule has 4 aliphatic rings. The molecule has 7 rings (SSSR count). The van der Waals surface area contributed by atoms with Crippen molar-refractivity contribution in [2.75, 3.05) is 51.7 Å². The predicted octanol–water partition coefficient (Wildman–Crippen LogP) is 8.24. The van der Waals surface area contributed by atoms with E-state index in [1.165, 1.54) is 7.11 Å². The number of oxime groups is 1. The summed E-state index contributed by atoms with van der Waals surface area (Å²) in [7, 11) is 3.08. The van der Waals surface area contributed by atoms with Gasteiger partial charge < -0.3 is 43.5 Å². The number of rotatable bonds is 21. The van der Waals surface area contributed by atoms with Crippen LogP contribution < -0.4 is 24.3 Å². The van der Waals surface area contributed by atoms with E-state index < -0.39 is 18.2 Å². The SMILES string of the molecule is C=CCOC12Oc3ccc(OC(=O)Nc4ccc(OC)cc4OC)cc3C3C(CCCCO)C(CCCCO)C=C(C(=NOC4CCCCO4)CC1SCCc1cnccn1)C32. The predicted molar refractivity (Wildman–Crippen MR) is 237 cm³/mol. The quantitative estimate of drug-likeness (QED) is 0.0532. The molecule has 1 aromatic heterocycles. The maximum atomic E-state index is 13.5. The number of allylic oxidation sites excluding steroid dienone is 1. The van der Waals surface area contributed by atoms with E-state index in [4.69, 9.17) is 38.4 Å². The number of carbonyl (C=O) groups is 1. The highest BCUT2D eigenvalue weighted by Gasteiger charge is 2.64. The number of aliphatic hydroxyl groups excluding tert-OH is 2. The minimum Gasteiger partial charge on any atom is -0.497 e. The van der Waals surface area contributed by atoms with Gasteiger partial charge in [-0.05, 0) is 92.0 Å². The van der Waals surface area contributed by atoms with Gasteiger partial charge in [-0.15, -0.1) is 6.58 Å². The van der Waals surface area contributed by atoms with Crippen LogP contribution in [0.15, 0.2) is 84.4 Å². The Morgan fingerprint density at radius 1 is 1.05 bits per heavy atom. The molecule has 2 aromatic carbocycles. The number of hydrogen-bond donors (Lipinski definition) is 3. The number of thioether (sulfide) groups is 1. The van der Waals surface area contributed by atoms with E-state index in [0.29, 0.717) is 61.0 Å². The Kier molecular flexibility index (Phi) is 16.2. The smallest absolute Gasteiger partial charge is 0.417 e. The molecule has 3 N–H and O–H groups in total. The zero-order chi connectivity index (χ0) is 43.3. The van der Waals surface area contributed by atoms with Gasteiger partial charge in [-0.1, -0.05) is 30.1 Å². The van der Waals surface area contributed by atoms with Crippen LogP contribution in [0.5, 0.6) is 23.0 Å². The number of carbonyl (C=O) groups excluding carboxylic acids is 1. The van der Waals surface area contributed by atoms with E-state index in [2.05, 4.69) is 27.9 Å². The van der Waals surface area contributed by atoms with E-state index in [9.17, 15) is 15.0 Å². The number of benzene rings is 2. The van der Waals surface area contributed by atoms with Crippen molar-refractivity contribution in [3.63, 3.8) is 0 Å². The Balaban J connectivity index is 1.32. The zero-order valence-electron chi connectivity index (χ0n) is 35.7. The van der Waals surface area contributed by atoms with Crippen LogP contribution >= 0.6 is 11.8 Å². The Morgan fingerprint density at radius 3 is 2.63 bits per heavy atom. The average molecular weight is 873 g/mol. The first-order chi connectivity index (χ1) is 30.4. The number of hydrogen-bond acceptors (Lipinski definition) is 14. The van der Waals surface area contributed by atoms with E-state index >= 15 is 0 Å². The molecule has 3 heterocycles. The summed E-state index contributed by atoms with van der Waals surface area (Å²) in [5.74, 6) is 1.20. The number of nitrogens with zero attached hydrogens (tertiary/aromatic N) is 3. The van der Waals surface area contributed by atoms with Gasteiger partial charge in [-0.25, -0.2) is 4.79 Å². The molecule has 7 unspecified atom stereocenters. The van der Waals surface area contributed by atoms with Crippen molar-refractivity contribution in [3.05, 3.63) is 90.6 Å². The third kappa shape index (κ3) is 10.6. The second-order valence-electron chi connectivity index (χ2n) is 16.0. The van der Waals surface area contributed by atoms with Crippen molar-refractivity contribution in [1.82, 2.24) is 9.97 Å². The fourth-order valence-corrected chi connectivity index (χ4v) is 10.7. The first kappa shape index (κ1) is 45.4. The van der Waals surface area contributed by atoms with Gasteiger partial charge in [0.2, 0.25) is 12.1 Å². The lowest BCUT2D eigenvalue weighted by Gasteiger charge is -2.58. The number of methoxy groups -OCH3 is 2. The Labute approximate surface area is 368 Å². The van der Waals surface area contributed by atoms with Crippen molar-refractivity contribution in [2.45, 2.75) is 93.9 Å². The van der Waals surface area contributed by atoms with E-state index in [1.807, 2.05) is 12.1 Å². The molecule has 0 radical (unpaired) electrons. The number of nitrogens with one attached hydrogen (secondary N) is 1. The Bertz CT molecular complexity index is 2010. The normalized spacial score (nSPS) is 25.7. The van der Waals surface area contributed by atoms with Crippen LogP contribution in [0, 0.1) is 17.8 Å². The zero-order valence-corrected chi connectivity index (χ0v) is 36.6. The van der Waals surface area contributed by atoms with Crippen molar-refractivity contribution < 1.29 is 48.3 Å². The van der Waals surface area contributed by atoms with Crippen LogP contribution in [-0.4, -0.2) is 95.7 Å². The van der Waals surface area contributed by atoms with Crippen LogP contribution in [0.3, 0.4) is 0 Å². The molecule has 2 aliphatic heterocycles. The molecule has 0 spiro atoms. The first-order valence-corrected chi connectivity index (χ1v) is 22.9. The summed E-state index contributed by atoms with van der Waals surface area (Å²) in [6.45, 7) is 5.12. The molecule has 14 nitrogen and oxygen atoms in total. The van der Waals surface area contributed by atoms with Crippen LogP contribution in [0.4, 0.5) is 10.5 Å². The highest BCUT2D eigenvalue weighted by molar-refractivity contribution is 8.00. The van der Waals surface area contributed by atoms with Crippen LogP contribution in [0.2, 0.25) is 0 Å². The van der Waals surface area contributed by atoms with Gasteiger partial charge in [-0.2, -0.15) is 11.8 Å². The lowest BCUT2D eigenvalue weighted by molar-refractivity contribution is -0.223. The van der Waals surface area contributed by atoms with Crippen molar-refractivity contribution in [1.29, 1.82) is 0 Å². The number of fused-ring (bicyclic) bond motifs is 2. The summed E-state index contributed by atoms with van der Waals surface area (Å²) in [6.07, 6.45) is 16.8. The summed E-state index contributed by atoms with van der Waals surface area (Å²) in [4.78, 5) is 28.6. The average Bonchev–Trinajstić information content (AvgIpc) is 3.30. The molecule has 1 amide bonds. The number of aliphatic hydroxyl groups is 2. The monoisotopic (exact) mass is 872 g/mol. The maximum Gasteiger partial charge on any atom is 0.417 e. The standard InChI is InChI=1S/C47H60N4O10S/c1-4-23-58-47-42(62-25-18-32-30-48-19-20-49-32)29-39(51-61-43-13-7-10-24-57-43)36-26-31(11-5-8-21-52)35(12-6-9-22-53)44(45(36)47)37-27-34(15-17-40(37)60-47)59-46(54)50-38-16-14-33(55-2)28-41(38)56-3/h4,14-17,19-20,26-28,30-31,35,42-45,52-53H,1,5-13,18,21-25,29H2,2-3H3,(H,50,54). The molecular weight excluding hydrogens is 813 g/mol. The molecule has 1 saturated carbocycles. The summed E-state index contributed by atoms with van der Waals surface area (Å²) in [5.41, 5.74) is 4.06. The summed E-state index contributed by atoms with van der Waals surface area (Å²) in [5, 5.41) is 27.4. The topological polar surface area (TPSA) is 172 Å². The van der Waals surface area contributed by atoms with E-state index in [-0.39, 0.29) is 48.7 Å². The minimum absolute atomic E-state index is 0.0724. The van der Waals surface area contributed by atoms with Gasteiger partial charge in [0.25, 0.3) is 0 Å². The third-order valence-corrected chi connectivity index (χ3v) is 13.5. The number of anilines is 1. The second-order valence-corrected chi connectivity index (χ2v) is 17.4. The third-order valence-electron chi connectivity index (χ3n) is 12.2. The number of aromatic nitrogens is 2. The van der Waals surface area contributed by atoms with Gasteiger partial charge in [0.15, 0.2) is 0 Å². The largest absolute Gasteiger partial charge is 0.497 e. The minimum atomic E-state index is -1.15. The van der Waals surface area contributed by atoms with Crippen LogP contribution in [0.1, 0.15) is 81.4 Å². The number of ether oxygens (including phenoxy) is 6. The summed E-state index contributed by atoms with van der Waals surface area (Å²) in [6, 6.07) is 10.6. The molecule has 0 bridgehead atoms. The lowest BCUT2D eigenvalue weighted by atomic mass is 9.56. The van der Waals surface area contributed by atoms with Crippen LogP contribution in [0.25, 0.3) is 0 Å². The number of aryl methyl sites for hydroxylation is 1. The van der Waals surface area contributed by atoms with Gasteiger partial charge in [0.1, 0.15) is 23.0 Å². The van der Waals surface area contributed by atoms with Gasteiger partial charge >= 0.3 is 6.09 Å². The van der Waals surface area contributed by atoms with Gasteiger partial charge in [0.05, 0.1) is 55.7 Å². The molecule has 2 aliphatic carbocycles. The highest BCUT2D eigenvalue weighted by atomic mass is 32.2. The second kappa shape index (κ2) is 22.1. The Hall–Kier alpha value is -4.67.